The van der Waals surface area contributed by atoms with E-state index in [1.54, 1.807) is 11.8 Å². The standard InChI is InChI=1S/C29H38N2O3S/c1-5-33-26-17-22(15-16-25(26)34-19-20(2)3)18-27-28(32)31(24-14-10-9-11-21(24)4)29(35-27)30-23-12-7-6-8-13-23/h6-8,12-13,15-18,20-21,24,29-30H,5,9-11,14,19H2,1-4H3/b27-18-/t21-,24+,29?/m0/s1. The van der Waals surface area contributed by atoms with Gasteiger partial charge >= 0.3 is 0 Å². The molecule has 2 aliphatic rings. The Kier molecular flexibility index (Phi) is 8.66. The number of nitrogens with zero attached hydrogens (tertiary/aromatic N) is 1. The van der Waals surface area contributed by atoms with Crippen LogP contribution in [0.15, 0.2) is 53.4 Å². The molecule has 188 valence electrons. The third-order valence-electron chi connectivity index (χ3n) is 6.56. The van der Waals surface area contributed by atoms with Crippen LogP contribution in [-0.2, 0) is 4.79 Å². The summed E-state index contributed by atoms with van der Waals surface area (Å²) < 4.78 is 11.8. The number of amides is 1. The minimum absolute atomic E-state index is 0.111. The van der Waals surface area contributed by atoms with Crippen LogP contribution in [0.3, 0.4) is 0 Å². The van der Waals surface area contributed by atoms with E-state index in [4.69, 9.17) is 9.47 Å². The quantitative estimate of drug-likeness (QED) is 0.380. The molecule has 3 atom stereocenters. The summed E-state index contributed by atoms with van der Waals surface area (Å²) in [4.78, 5) is 16.6. The van der Waals surface area contributed by atoms with Crippen molar-refractivity contribution in [3.05, 3.63) is 59.0 Å². The predicted octanol–water partition coefficient (Wildman–Crippen LogP) is 7.01. The van der Waals surface area contributed by atoms with Crippen LogP contribution in [0, 0.1) is 11.8 Å². The van der Waals surface area contributed by atoms with Gasteiger partial charge in [-0.05, 0) is 67.5 Å². The van der Waals surface area contributed by atoms with Gasteiger partial charge in [0.1, 0.15) is 0 Å². The van der Waals surface area contributed by atoms with Gasteiger partial charge in [-0.1, -0.05) is 69.6 Å². The summed E-state index contributed by atoms with van der Waals surface area (Å²) in [6.45, 7) is 9.70. The highest BCUT2D eigenvalue weighted by molar-refractivity contribution is 8.05. The first-order valence-corrected chi connectivity index (χ1v) is 13.8. The van der Waals surface area contributed by atoms with Crippen LogP contribution in [0.2, 0.25) is 0 Å². The molecule has 1 amide bonds. The molecule has 35 heavy (non-hydrogen) atoms. The average Bonchev–Trinajstić information content (AvgIpc) is 3.14. The molecule has 2 aromatic rings. The number of para-hydroxylation sites is 1. The Hall–Kier alpha value is -2.60. The van der Waals surface area contributed by atoms with Crippen molar-refractivity contribution in [2.24, 2.45) is 11.8 Å². The van der Waals surface area contributed by atoms with Crippen LogP contribution in [0.1, 0.15) is 58.9 Å². The van der Waals surface area contributed by atoms with Crippen LogP contribution in [0.25, 0.3) is 6.08 Å². The molecule has 5 nitrogen and oxygen atoms in total. The largest absolute Gasteiger partial charge is 0.490 e. The Morgan fingerprint density at radius 3 is 2.57 bits per heavy atom. The molecule has 1 saturated carbocycles. The smallest absolute Gasteiger partial charge is 0.262 e. The van der Waals surface area contributed by atoms with Crippen molar-refractivity contribution in [3.8, 4) is 11.5 Å². The Morgan fingerprint density at radius 1 is 1.09 bits per heavy atom. The SMILES string of the molecule is CCOc1cc(/C=C2\SC(Nc3ccccc3)N([C@@H]3CCCC[C@@H]3C)C2=O)ccc1OCC(C)C. The first-order valence-electron chi connectivity index (χ1n) is 12.9. The lowest BCUT2D eigenvalue weighted by atomic mass is 9.85. The Bertz CT molecular complexity index is 1020. The van der Waals surface area contributed by atoms with Crippen molar-refractivity contribution in [3.63, 3.8) is 0 Å². The van der Waals surface area contributed by atoms with E-state index in [0.717, 1.165) is 34.1 Å². The fraction of sp³-hybridized carbons (Fsp3) is 0.483. The topological polar surface area (TPSA) is 50.8 Å². The maximum absolute atomic E-state index is 13.8. The second-order valence-corrected chi connectivity index (χ2v) is 11.0. The van der Waals surface area contributed by atoms with Gasteiger partial charge < -0.3 is 19.7 Å². The monoisotopic (exact) mass is 494 g/mol. The summed E-state index contributed by atoms with van der Waals surface area (Å²) in [6, 6.07) is 16.3. The van der Waals surface area contributed by atoms with E-state index in [0.29, 0.717) is 25.0 Å². The summed E-state index contributed by atoms with van der Waals surface area (Å²) in [5.74, 6) is 2.50. The van der Waals surface area contributed by atoms with Gasteiger partial charge in [0.15, 0.2) is 17.0 Å². The zero-order chi connectivity index (χ0) is 24.8. The molecule has 0 aromatic heterocycles. The zero-order valence-corrected chi connectivity index (χ0v) is 22.1. The van der Waals surface area contributed by atoms with Gasteiger partial charge in [0.2, 0.25) is 0 Å². The predicted molar refractivity (Wildman–Crippen MR) is 146 cm³/mol. The Morgan fingerprint density at radius 2 is 1.86 bits per heavy atom. The molecule has 0 radical (unpaired) electrons. The highest BCUT2D eigenvalue weighted by Gasteiger charge is 2.42. The van der Waals surface area contributed by atoms with Gasteiger partial charge in [-0.25, -0.2) is 0 Å². The van der Waals surface area contributed by atoms with Crippen molar-refractivity contribution in [2.75, 3.05) is 18.5 Å². The molecule has 1 aliphatic heterocycles. The summed E-state index contributed by atoms with van der Waals surface area (Å²) in [7, 11) is 0. The lowest BCUT2D eigenvalue weighted by Gasteiger charge is -2.39. The van der Waals surface area contributed by atoms with Gasteiger partial charge in [0, 0.05) is 11.7 Å². The van der Waals surface area contributed by atoms with Crippen molar-refractivity contribution in [1.82, 2.24) is 4.90 Å². The van der Waals surface area contributed by atoms with Crippen molar-refractivity contribution >= 4 is 29.4 Å². The van der Waals surface area contributed by atoms with Crippen LogP contribution in [0.5, 0.6) is 11.5 Å². The van der Waals surface area contributed by atoms with Crippen LogP contribution >= 0.6 is 11.8 Å². The minimum atomic E-state index is -0.123. The molecule has 1 unspecified atom stereocenters. The lowest BCUT2D eigenvalue weighted by molar-refractivity contribution is -0.129. The molecule has 1 N–H and O–H groups in total. The van der Waals surface area contributed by atoms with Crippen molar-refractivity contribution in [2.45, 2.75) is 64.9 Å². The third kappa shape index (κ3) is 6.35. The van der Waals surface area contributed by atoms with E-state index in [9.17, 15) is 4.79 Å². The number of hydrogen-bond acceptors (Lipinski definition) is 5. The second kappa shape index (κ2) is 11.9. The highest BCUT2D eigenvalue weighted by atomic mass is 32.2. The number of carbonyl (C=O) groups is 1. The van der Waals surface area contributed by atoms with E-state index < -0.39 is 0 Å². The van der Waals surface area contributed by atoms with Crippen LogP contribution in [0.4, 0.5) is 5.69 Å². The van der Waals surface area contributed by atoms with E-state index in [1.807, 2.05) is 49.4 Å². The van der Waals surface area contributed by atoms with E-state index >= 15 is 0 Å². The number of nitrogens with one attached hydrogen (secondary N) is 1. The zero-order valence-electron chi connectivity index (χ0n) is 21.3. The number of benzene rings is 2. The summed E-state index contributed by atoms with van der Waals surface area (Å²) >= 11 is 1.60. The van der Waals surface area contributed by atoms with Gasteiger partial charge in [-0.3, -0.25) is 4.79 Å². The highest BCUT2D eigenvalue weighted by Crippen LogP contribution is 2.42. The minimum Gasteiger partial charge on any atom is -0.490 e. The molecule has 6 heteroatoms. The van der Waals surface area contributed by atoms with E-state index in [2.05, 4.69) is 43.1 Å². The Labute approximate surface area is 214 Å². The van der Waals surface area contributed by atoms with Crippen molar-refractivity contribution in [1.29, 1.82) is 0 Å². The second-order valence-electron chi connectivity index (χ2n) is 9.87. The fourth-order valence-corrected chi connectivity index (χ4v) is 5.99. The number of rotatable bonds is 9. The summed E-state index contributed by atoms with van der Waals surface area (Å²) in [5.41, 5.74) is 1.85. The number of ether oxygens (including phenoxy) is 2. The molecule has 1 saturated heterocycles. The maximum Gasteiger partial charge on any atom is 0.262 e. The number of thioether (sulfide) groups is 1. The molecular weight excluding hydrogens is 456 g/mol. The average molecular weight is 495 g/mol. The van der Waals surface area contributed by atoms with Gasteiger partial charge in [-0.2, -0.15) is 0 Å². The van der Waals surface area contributed by atoms with Gasteiger partial charge in [0.05, 0.1) is 18.1 Å². The molecule has 2 fully saturated rings. The number of carbonyl (C=O) groups excluding carboxylic acids is 1. The molecule has 0 spiro atoms. The first-order chi connectivity index (χ1) is 17.0. The van der Waals surface area contributed by atoms with Crippen molar-refractivity contribution < 1.29 is 14.3 Å². The van der Waals surface area contributed by atoms with E-state index in [1.165, 1.54) is 19.3 Å². The fourth-order valence-electron chi connectivity index (χ4n) is 4.78. The number of anilines is 1. The molecular formula is C29H38N2O3S. The Balaban J connectivity index is 1.61. The van der Waals surface area contributed by atoms with Gasteiger partial charge in [-0.15, -0.1) is 0 Å². The normalized spacial score (nSPS) is 23.7. The number of hydrogen-bond donors (Lipinski definition) is 1. The summed E-state index contributed by atoms with van der Waals surface area (Å²) in [5, 5.41) is 3.61. The summed E-state index contributed by atoms with van der Waals surface area (Å²) in [6.07, 6.45) is 6.65. The van der Waals surface area contributed by atoms with Gasteiger partial charge in [0.25, 0.3) is 5.91 Å². The maximum atomic E-state index is 13.8. The molecule has 2 aromatic carbocycles. The molecule has 1 heterocycles. The van der Waals surface area contributed by atoms with Crippen LogP contribution < -0.4 is 14.8 Å². The molecule has 1 aliphatic carbocycles. The molecule has 0 bridgehead atoms. The van der Waals surface area contributed by atoms with Crippen LogP contribution in [-0.4, -0.2) is 35.6 Å². The molecule has 4 rings (SSSR count). The first kappa shape index (κ1) is 25.5. The lowest BCUT2D eigenvalue weighted by Crippen LogP contribution is -2.48. The van der Waals surface area contributed by atoms with E-state index in [-0.39, 0.29) is 17.4 Å². The third-order valence-corrected chi connectivity index (χ3v) is 7.68.